The zero-order valence-electron chi connectivity index (χ0n) is 8.34. The molecule has 1 aromatic heterocycles. The molecule has 1 aromatic rings. The molecule has 15 heavy (non-hydrogen) atoms. The topological polar surface area (TPSA) is 90.1 Å². The van der Waals surface area contributed by atoms with Crippen LogP contribution in [0.3, 0.4) is 0 Å². The number of H-pyrrole nitrogens is 2. The van der Waals surface area contributed by atoms with Crippen LogP contribution in [0.1, 0.15) is 18.3 Å². The fraction of sp³-hybridized carbons (Fsp3) is 0.222. The summed E-state index contributed by atoms with van der Waals surface area (Å²) >= 11 is 0. The van der Waals surface area contributed by atoms with E-state index in [2.05, 4.69) is 20.3 Å². The third-order valence-corrected chi connectivity index (χ3v) is 2.14. The van der Waals surface area contributed by atoms with Gasteiger partial charge in [0.1, 0.15) is 0 Å². The lowest BCUT2D eigenvalue weighted by Gasteiger charge is -1.97. The number of rotatable bonds is 1. The first-order chi connectivity index (χ1) is 7.06. The summed E-state index contributed by atoms with van der Waals surface area (Å²) in [7, 11) is 0. The maximum absolute atomic E-state index is 11.0. The van der Waals surface area contributed by atoms with Gasteiger partial charge < -0.3 is 15.3 Å². The van der Waals surface area contributed by atoms with Crippen molar-refractivity contribution in [1.29, 1.82) is 0 Å². The van der Waals surface area contributed by atoms with E-state index in [0.717, 1.165) is 5.69 Å². The van der Waals surface area contributed by atoms with Gasteiger partial charge in [0.05, 0.1) is 17.1 Å². The summed E-state index contributed by atoms with van der Waals surface area (Å²) in [6.45, 7) is 3.50. The molecular formula is C9H10N4O2. The quantitative estimate of drug-likeness (QED) is 0.625. The zero-order valence-corrected chi connectivity index (χ0v) is 8.34. The third kappa shape index (κ3) is 1.74. The number of hydrogen-bond donors (Lipinski definition) is 3. The normalized spacial score (nSPS) is 18.1. The van der Waals surface area contributed by atoms with Gasteiger partial charge in [0.2, 0.25) is 0 Å². The lowest BCUT2D eigenvalue weighted by molar-refractivity contribution is 0.253. The summed E-state index contributed by atoms with van der Waals surface area (Å²) in [5.74, 6) is 0. The predicted molar refractivity (Wildman–Crippen MR) is 55.8 cm³/mol. The Bertz CT molecular complexity index is 533. The van der Waals surface area contributed by atoms with E-state index in [1.807, 2.05) is 0 Å². The Labute approximate surface area is 85.1 Å². The number of hydrogen-bond acceptors (Lipinski definition) is 2. The van der Waals surface area contributed by atoms with Gasteiger partial charge in [0, 0.05) is 5.69 Å². The highest BCUT2D eigenvalue weighted by atomic mass is 16.2. The van der Waals surface area contributed by atoms with Crippen LogP contribution in [0.2, 0.25) is 0 Å². The standard InChI is InChI=1S/C9H10N4O2/c1-4-6(12-8(14)10-4)3-7-5(2)11-9(15)13-7/h3H,1-2H3,(H,12,14)(H2,11,13,15). The fourth-order valence-electron chi connectivity index (χ4n) is 1.36. The molecule has 6 heteroatoms. The number of carbonyl (C=O) groups is 1. The number of nitrogens with zero attached hydrogens (tertiary/aromatic N) is 1. The van der Waals surface area contributed by atoms with Crippen LogP contribution < -0.4 is 11.0 Å². The molecule has 0 atom stereocenters. The Morgan fingerprint density at radius 1 is 1.20 bits per heavy atom. The minimum Gasteiger partial charge on any atom is -0.310 e. The predicted octanol–water partition coefficient (Wildman–Crippen LogP) is 0.536. The molecule has 2 heterocycles. The number of amides is 2. The third-order valence-electron chi connectivity index (χ3n) is 2.14. The molecule has 0 fully saturated rings. The van der Waals surface area contributed by atoms with Crippen LogP contribution in [-0.2, 0) is 0 Å². The molecule has 2 rings (SSSR count). The second-order valence-corrected chi connectivity index (χ2v) is 3.30. The lowest BCUT2D eigenvalue weighted by atomic mass is 10.2. The summed E-state index contributed by atoms with van der Waals surface area (Å²) in [4.78, 5) is 30.8. The van der Waals surface area contributed by atoms with Gasteiger partial charge in [-0.05, 0) is 19.9 Å². The molecular weight excluding hydrogens is 196 g/mol. The number of allylic oxidation sites excluding steroid dienone is 1. The van der Waals surface area contributed by atoms with Gasteiger partial charge in [-0.2, -0.15) is 4.99 Å². The Morgan fingerprint density at radius 2 is 1.93 bits per heavy atom. The molecule has 0 spiro atoms. The molecule has 0 unspecified atom stereocenters. The molecule has 0 aliphatic carbocycles. The first-order valence-corrected chi connectivity index (χ1v) is 4.43. The van der Waals surface area contributed by atoms with Crippen LogP contribution in [0.25, 0.3) is 6.08 Å². The second kappa shape index (κ2) is 3.23. The Morgan fingerprint density at radius 3 is 2.40 bits per heavy atom. The number of carbonyl (C=O) groups excluding carboxylic acids is 1. The van der Waals surface area contributed by atoms with E-state index in [9.17, 15) is 9.59 Å². The van der Waals surface area contributed by atoms with Crippen molar-refractivity contribution >= 4 is 17.8 Å². The van der Waals surface area contributed by atoms with E-state index in [1.54, 1.807) is 19.9 Å². The molecule has 1 aliphatic rings. The van der Waals surface area contributed by atoms with Crippen LogP contribution in [0.15, 0.2) is 15.5 Å². The number of nitrogens with one attached hydrogen (secondary N) is 3. The average molecular weight is 206 g/mol. The van der Waals surface area contributed by atoms with E-state index in [4.69, 9.17) is 0 Å². The van der Waals surface area contributed by atoms with Crippen molar-refractivity contribution in [3.05, 3.63) is 27.6 Å². The Hall–Kier alpha value is -2.11. The largest absolute Gasteiger partial charge is 0.345 e. The molecule has 0 saturated heterocycles. The Balaban J connectivity index is 2.40. The first kappa shape index (κ1) is 9.45. The highest BCUT2D eigenvalue weighted by Crippen LogP contribution is 2.09. The van der Waals surface area contributed by atoms with Crippen LogP contribution in [0.4, 0.5) is 4.79 Å². The number of aliphatic imine (C=N–C) groups is 1. The van der Waals surface area contributed by atoms with Crippen LogP contribution >= 0.6 is 0 Å². The second-order valence-electron chi connectivity index (χ2n) is 3.30. The van der Waals surface area contributed by atoms with E-state index in [0.29, 0.717) is 17.1 Å². The minimum atomic E-state index is -0.380. The summed E-state index contributed by atoms with van der Waals surface area (Å²) in [5, 5.41) is 2.57. The fourth-order valence-corrected chi connectivity index (χ4v) is 1.36. The summed E-state index contributed by atoms with van der Waals surface area (Å²) in [5.41, 5.74) is 2.33. The van der Waals surface area contributed by atoms with Gasteiger partial charge in [-0.1, -0.05) is 0 Å². The van der Waals surface area contributed by atoms with E-state index < -0.39 is 0 Å². The van der Waals surface area contributed by atoms with Gasteiger partial charge in [0.25, 0.3) is 0 Å². The molecule has 1 aliphatic heterocycles. The highest BCUT2D eigenvalue weighted by Gasteiger charge is 2.15. The van der Waals surface area contributed by atoms with Crippen molar-refractivity contribution in [2.45, 2.75) is 13.8 Å². The van der Waals surface area contributed by atoms with Crippen molar-refractivity contribution in [1.82, 2.24) is 15.3 Å². The lowest BCUT2D eigenvalue weighted by Crippen LogP contribution is -2.13. The van der Waals surface area contributed by atoms with Gasteiger partial charge in [-0.15, -0.1) is 0 Å². The van der Waals surface area contributed by atoms with Crippen molar-refractivity contribution in [2.24, 2.45) is 4.99 Å². The van der Waals surface area contributed by atoms with Crippen molar-refractivity contribution < 1.29 is 4.79 Å². The van der Waals surface area contributed by atoms with Gasteiger partial charge in [-0.25, -0.2) is 9.59 Å². The van der Waals surface area contributed by atoms with Gasteiger partial charge in [-0.3, -0.25) is 0 Å². The zero-order chi connectivity index (χ0) is 11.0. The van der Waals surface area contributed by atoms with Crippen molar-refractivity contribution in [3.63, 3.8) is 0 Å². The van der Waals surface area contributed by atoms with Crippen LogP contribution in [0, 0.1) is 6.92 Å². The molecule has 0 bridgehead atoms. The molecule has 0 aromatic carbocycles. The van der Waals surface area contributed by atoms with Crippen LogP contribution in [-0.4, -0.2) is 21.7 Å². The minimum absolute atomic E-state index is 0.265. The molecule has 0 radical (unpaired) electrons. The van der Waals surface area contributed by atoms with Crippen LogP contribution in [0.5, 0.6) is 0 Å². The first-order valence-electron chi connectivity index (χ1n) is 4.43. The summed E-state index contributed by atoms with van der Waals surface area (Å²) in [6, 6.07) is -0.380. The Kier molecular flexibility index (Phi) is 2.03. The monoisotopic (exact) mass is 206 g/mol. The SMILES string of the molecule is CC1=NC(=O)NC1=Cc1[nH]c(=O)[nH]c1C. The molecule has 78 valence electrons. The summed E-state index contributed by atoms with van der Waals surface area (Å²) < 4.78 is 0. The highest BCUT2D eigenvalue weighted by molar-refractivity contribution is 6.13. The smallest absolute Gasteiger partial charge is 0.310 e. The summed E-state index contributed by atoms with van der Waals surface area (Å²) in [6.07, 6.45) is 1.68. The molecule has 2 amide bonds. The number of urea groups is 1. The molecule has 3 N–H and O–H groups in total. The van der Waals surface area contributed by atoms with Gasteiger partial charge >= 0.3 is 11.7 Å². The van der Waals surface area contributed by atoms with E-state index >= 15 is 0 Å². The number of aromatic amines is 2. The molecule has 0 saturated carbocycles. The maximum Gasteiger partial charge on any atom is 0.345 e. The maximum atomic E-state index is 11.0. The average Bonchev–Trinajstić information content (AvgIpc) is 2.58. The van der Waals surface area contributed by atoms with E-state index in [-0.39, 0.29) is 11.7 Å². The van der Waals surface area contributed by atoms with E-state index in [1.165, 1.54) is 0 Å². The number of imidazole rings is 1. The van der Waals surface area contributed by atoms with Crippen molar-refractivity contribution in [3.8, 4) is 0 Å². The van der Waals surface area contributed by atoms with Crippen molar-refractivity contribution in [2.75, 3.05) is 0 Å². The molecule has 6 nitrogen and oxygen atoms in total. The number of aryl methyl sites for hydroxylation is 1. The number of aromatic nitrogens is 2. The van der Waals surface area contributed by atoms with Gasteiger partial charge in [0.15, 0.2) is 0 Å².